The first kappa shape index (κ1) is 14.8. The lowest BCUT2D eigenvalue weighted by molar-refractivity contribution is -0.149. The number of ether oxygens (including phenoxy) is 1. The molecule has 0 aliphatic heterocycles. The molecule has 1 aromatic rings. The van der Waals surface area contributed by atoms with Crippen LogP contribution in [0.15, 0.2) is 30.3 Å². The Hall–Kier alpha value is -1.29. The van der Waals surface area contributed by atoms with Crippen LogP contribution in [0.2, 0.25) is 0 Å². The molecular weight excluding hydrogens is 248 g/mol. The Bertz CT molecular complexity index is 389. The number of carbonyl (C=O) groups excluding carboxylic acids is 2. The fraction of sp³-hybridized carbons (Fsp3) is 0.429. The third-order valence-corrected chi connectivity index (χ3v) is 2.95. The van der Waals surface area contributed by atoms with Crippen molar-refractivity contribution in [1.29, 1.82) is 0 Å². The van der Waals surface area contributed by atoms with Gasteiger partial charge in [-0.25, -0.2) is 0 Å². The van der Waals surface area contributed by atoms with Crippen molar-refractivity contribution in [3.63, 3.8) is 0 Å². The third-order valence-electron chi connectivity index (χ3n) is 2.60. The molecule has 98 valence electrons. The molecule has 0 aliphatic rings. The van der Waals surface area contributed by atoms with Gasteiger partial charge in [0.2, 0.25) is 0 Å². The predicted octanol–water partition coefficient (Wildman–Crippen LogP) is 2.30. The van der Waals surface area contributed by atoms with Gasteiger partial charge in [0, 0.05) is 12.2 Å². The van der Waals surface area contributed by atoms with Crippen molar-refractivity contribution in [1.82, 2.24) is 0 Å². The van der Waals surface area contributed by atoms with Crippen LogP contribution < -0.4 is 0 Å². The third kappa shape index (κ3) is 4.92. The molecule has 1 aromatic carbocycles. The highest BCUT2D eigenvalue weighted by Gasteiger charge is 2.22. The van der Waals surface area contributed by atoms with Gasteiger partial charge in [0.15, 0.2) is 0 Å². The van der Waals surface area contributed by atoms with Gasteiger partial charge in [0.05, 0.1) is 12.5 Å². The average Bonchev–Trinajstić information content (AvgIpc) is 2.39. The molecule has 0 N–H and O–H groups in total. The van der Waals surface area contributed by atoms with Gasteiger partial charge in [0.25, 0.3) is 0 Å². The van der Waals surface area contributed by atoms with Crippen molar-refractivity contribution in [2.45, 2.75) is 19.8 Å². The Balaban J connectivity index is 2.71. The van der Waals surface area contributed by atoms with Crippen molar-refractivity contribution in [3.8, 4) is 0 Å². The first-order chi connectivity index (χ1) is 8.67. The lowest BCUT2D eigenvalue weighted by Gasteiger charge is -2.14. The van der Waals surface area contributed by atoms with E-state index in [0.29, 0.717) is 13.0 Å². The largest absolute Gasteiger partial charge is 0.466 e. The number of esters is 1. The van der Waals surface area contributed by atoms with Crippen molar-refractivity contribution in [2.24, 2.45) is 5.92 Å². The number of rotatable bonds is 7. The van der Waals surface area contributed by atoms with Gasteiger partial charge in [-0.2, -0.15) is 12.6 Å². The van der Waals surface area contributed by atoms with E-state index in [1.54, 1.807) is 6.92 Å². The highest BCUT2D eigenvalue weighted by atomic mass is 32.1. The summed E-state index contributed by atoms with van der Waals surface area (Å²) in [4.78, 5) is 23.2. The zero-order valence-corrected chi connectivity index (χ0v) is 11.4. The summed E-state index contributed by atoms with van der Waals surface area (Å²) in [5.41, 5.74) is 1.03. The van der Waals surface area contributed by atoms with E-state index in [4.69, 9.17) is 4.74 Å². The van der Waals surface area contributed by atoms with Gasteiger partial charge in [-0.3, -0.25) is 9.59 Å². The molecule has 0 bridgehead atoms. The predicted molar refractivity (Wildman–Crippen MR) is 73.7 cm³/mol. The van der Waals surface area contributed by atoms with E-state index in [1.807, 2.05) is 30.3 Å². The summed E-state index contributed by atoms with van der Waals surface area (Å²) in [6.07, 6.45) is 0.719. The van der Waals surface area contributed by atoms with Crippen molar-refractivity contribution in [3.05, 3.63) is 35.9 Å². The fourth-order valence-electron chi connectivity index (χ4n) is 1.74. The van der Waals surface area contributed by atoms with Crippen molar-refractivity contribution >= 4 is 24.4 Å². The summed E-state index contributed by atoms with van der Waals surface area (Å²) in [6, 6.07) is 9.63. The standard InChI is InChI=1S/C14H18O3S/c1-2-17-14(16)12(9-13(15)10-18)8-11-6-4-3-5-7-11/h3-7,12,18H,2,8-10H2,1H3/t12-/m1/s1. The number of Topliss-reactive ketones (excluding diaryl/α,β-unsaturated/α-hetero) is 1. The molecule has 1 rings (SSSR count). The number of carbonyl (C=O) groups is 2. The van der Waals surface area contributed by atoms with Gasteiger partial charge in [-0.15, -0.1) is 0 Å². The Kier molecular flexibility index (Phi) is 6.50. The molecule has 0 spiro atoms. The van der Waals surface area contributed by atoms with Crippen LogP contribution >= 0.6 is 12.6 Å². The molecule has 0 radical (unpaired) electrons. The quantitative estimate of drug-likeness (QED) is 0.608. The minimum Gasteiger partial charge on any atom is -0.466 e. The Labute approximate surface area is 113 Å². The number of hydrogen-bond donors (Lipinski definition) is 1. The molecule has 0 aromatic heterocycles. The maximum atomic E-state index is 11.8. The molecule has 0 unspecified atom stereocenters. The molecule has 0 heterocycles. The summed E-state index contributed by atoms with van der Waals surface area (Å²) in [5.74, 6) is -0.596. The number of hydrogen-bond acceptors (Lipinski definition) is 4. The van der Waals surface area contributed by atoms with E-state index in [1.165, 1.54) is 0 Å². The lowest BCUT2D eigenvalue weighted by Crippen LogP contribution is -2.23. The maximum Gasteiger partial charge on any atom is 0.309 e. The van der Waals surface area contributed by atoms with Crippen LogP contribution in [0.5, 0.6) is 0 Å². The SMILES string of the molecule is CCOC(=O)[C@@H](CC(=O)CS)Cc1ccccc1. The molecule has 0 saturated heterocycles. The number of benzene rings is 1. The summed E-state index contributed by atoms with van der Waals surface area (Å²) in [7, 11) is 0. The minimum absolute atomic E-state index is 0.0349. The van der Waals surface area contributed by atoms with Gasteiger partial charge in [0.1, 0.15) is 5.78 Å². The van der Waals surface area contributed by atoms with E-state index < -0.39 is 5.92 Å². The topological polar surface area (TPSA) is 43.4 Å². The molecular formula is C14H18O3S. The van der Waals surface area contributed by atoms with Crippen LogP contribution in [-0.2, 0) is 20.7 Å². The molecule has 1 atom stereocenters. The van der Waals surface area contributed by atoms with Crippen molar-refractivity contribution < 1.29 is 14.3 Å². The first-order valence-corrected chi connectivity index (χ1v) is 6.63. The second kappa shape index (κ2) is 7.93. The number of ketones is 1. The summed E-state index contributed by atoms with van der Waals surface area (Å²) in [6.45, 7) is 2.09. The summed E-state index contributed by atoms with van der Waals surface area (Å²) < 4.78 is 5.01. The Morgan fingerprint density at radius 3 is 2.50 bits per heavy atom. The highest BCUT2D eigenvalue weighted by molar-refractivity contribution is 7.81. The summed E-state index contributed by atoms with van der Waals surface area (Å²) in [5, 5.41) is 0. The first-order valence-electron chi connectivity index (χ1n) is 6.00. The van der Waals surface area contributed by atoms with Crippen LogP contribution in [0.3, 0.4) is 0 Å². The molecule has 3 nitrogen and oxygen atoms in total. The highest BCUT2D eigenvalue weighted by Crippen LogP contribution is 2.15. The van der Waals surface area contributed by atoms with Gasteiger partial charge >= 0.3 is 5.97 Å². The van der Waals surface area contributed by atoms with E-state index >= 15 is 0 Å². The van der Waals surface area contributed by atoms with E-state index in [9.17, 15) is 9.59 Å². The zero-order chi connectivity index (χ0) is 13.4. The van der Waals surface area contributed by atoms with Gasteiger partial charge in [-0.05, 0) is 18.9 Å². The Morgan fingerprint density at radius 2 is 1.94 bits per heavy atom. The van der Waals surface area contributed by atoms with Crippen LogP contribution in [-0.4, -0.2) is 24.1 Å². The monoisotopic (exact) mass is 266 g/mol. The Morgan fingerprint density at radius 1 is 1.28 bits per heavy atom. The van der Waals surface area contributed by atoms with Crippen LogP contribution in [0, 0.1) is 5.92 Å². The van der Waals surface area contributed by atoms with E-state index in [2.05, 4.69) is 12.6 Å². The summed E-state index contributed by atoms with van der Waals surface area (Å²) >= 11 is 3.94. The second-order valence-electron chi connectivity index (χ2n) is 4.04. The molecule has 0 aliphatic carbocycles. The van der Waals surface area contributed by atoms with E-state index in [-0.39, 0.29) is 23.9 Å². The van der Waals surface area contributed by atoms with Gasteiger partial charge in [-0.1, -0.05) is 30.3 Å². The molecule has 0 amide bonds. The molecule has 0 saturated carbocycles. The van der Waals surface area contributed by atoms with Crippen molar-refractivity contribution in [2.75, 3.05) is 12.4 Å². The van der Waals surface area contributed by atoms with Crippen LogP contribution in [0.25, 0.3) is 0 Å². The number of thiol groups is 1. The van der Waals surface area contributed by atoms with Crippen LogP contribution in [0.4, 0.5) is 0 Å². The fourth-order valence-corrected chi connectivity index (χ4v) is 1.87. The maximum absolute atomic E-state index is 11.8. The van der Waals surface area contributed by atoms with E-state index in [0.717, 1.165) is 5.56 Å². The van der Waals surface area contributed by atoms with Gasteiger partial charge < -0.3 is 4.74 Å². The second-order valence-corrected chi connectivity index (χ2v) is 4.36. The van der Waals surface area contributed by atoms with Crippen LogP contribution in [0.1, 0.15) is 18.9 Å². The normalized spacial score (nSPS) is 11.9. The minimum atomic E-state index is -0.410. The molecule has 4 heteroatoms. The average molecular weight is 266 g/mol. The smallest absolute Gasteiger partial charge is 0.309 e. The molecule has 18 heavy (non-hydrogen) atoms. The molecule has 0 fully saturated rings. The lowest BCUT2D eigenvalue weighted by atomic mass is 9.94. The zero-order valence-electron chi connectivity index (χ0n) is 10.5.